The molecule has 1 fully saturated rings. The number of hydrogen-bond donors (Lipinski definition) is 1. The highest BCUT2D eigenvalue weighted by atomic mass is 16.3. The van der Waals surface area contributed by atoms with Crippen LogP contribution in [0.4, 0.5) is 5.95 Å². The molecule has 19 heavy (non-hydrogen) atoms. The van der Waals surface area contributed by atoms with Crippen molar-refractivity contribution >= 4 is 17.1 Å². The van der Waals surface area contributed by atoms with Crippen LogP contribution in [0.1, 0.15) is 19.8 Å². The fourth-order valence-corrected chi connectivity index (χ4v) is 2.64. The third-order valence-corrected chi connectivity index (χ3v) is 3.98. The summed E-state index contributed by atoms with van der Waals surface area (Å²) in [4.78, 5) is 15.4. The highest BCUT2D eigenvalue weighted by Crippen LogP contribution is 2.23. The van der Waals surface area contributed by atoms with Crippen LogP contribution in [0.5, 0.6) is 0 Å². The van der Waals surface area contributed by atoms with Gasteiger partial charge in [-0.05, 0) is 25.7 Å². The van der Waals surface area contributed by atoms with Gasteiger partial charge in [-0.2, -0.15) is 4.98 Å². The molecule has 1 atom stereocenters. The van der Waals surface area contributed by atoms with Crippen LogP contribution in [0.3, 0.4) is 0 Å². The van der Waals surface area contributed by atoms with E-state index in [1.165, 1.54) is 0 Å². The minimum atomic E-state index is -0.221. The van der Waals surface area contributed by atoms with Gasteiger partial charge >= 0.3 is 0 Å². The summed E-state index contributed by atoms with van der Waals surface area (Å²) in [5.74, 6) is 1.14. The van der Waals surface area contributed by atoms with Gasteiger partial charge in [-0.25, -0.2) is 9.97 Å². The molecule has 0 saturated carbocycles. The molecule has 0 bridgehead atoms. The van der Waals surface area contributed by atoms with Crippen LogP contribution >= 0.6 is 0 Å². The molecule has 1 aliphatic heterocycles. The third kappa shape index (κ3) is 2.28. The van der Waals surface area contributed by atoms with Crippen molar-refractivity contribution in [2.24, 2.45) is 13.0 Å². The van der Waals surface area contributed by atoms with Gasteiger partial charge in [0.15, 0.2) is 5.65 Å². The van der Waals surface area contributed by atoms with E-state index in [1.807, 2.05) is 24.7 Å². The first-order chi connectivity index (χ1) is 9.15. The monoisotopic (exact) mass is 261 g/mol. The Hall–Kier alpha value is -1.69. The largest absolute Gasteiger partial charge is 0.393 e. The lowest BCUT2D eigenvalue weighted by atomic mass is 9.92. The zero-order valence-electron chi connectivity index (χ0n) is 11.3. The number of nitrogens with zero attached hydrogens (tertiary/aromatic N) is 5. The van der Waals surface area contributed by atoms with Gasteiger partial charge in [-0.3, -0.25) is 0 Å². The quantitative estimate of drug-likeness (QED) is 0.872. The standard InChI is InChI=1S/C13H19N5O/c1-9(19)10-3-5-18(6-4-10)13-14-7-11-12(16-13)15-8-17(11)2/h7-10,19H,3-6H2,1-2H3. The topological polar surface area (TPSA) is 67.1 Å². The van der Waals surface area contributed by atoms with Crippen molar-refractivity contribution in [3.05, 3.63) is 12.5 Å². The number of piperidine rings is 1. The van der Waals surface area contributed by atoms with Crippen molar-refractivity contribution in [3.63, 3.8) is 0 Å². The van der Waals surface area contributed by atoms with Crippen LogP contribution in [0.2, 0.25) is 0 Å². The summed E-state index contributed by atoms with van der Waals surface area (Å²) in [5.41, 5.74) is 1.69. The number of aromatic nitrogens is 4. The molecular formula is C13H19N5O. The smallest absolute Gasteiger partial charge is 0.227 e. The van der Waals surface area contributed by atoms with E-state index in [2.05, 4.69) is 19.9 Å². The summed E-state index contributed by atoms with van der Waals surface area (Å²) in [5, 5.41) is 9.62. The van der Waals surface area contributed by atoms with Gasteiger partial charge in [-0.1, -0.05) is 0 Å². The lowest BCUT2D eigenvalue weighted by Gasteiger charge is -2.33. The average molecular weight is 261 g/mol. The van der Waals surface area contributed by atoms with Crippen LogP contribution in [0.25, 0.3) is 11.2 Å². The molecule has 0 radical (unpaired) electrons. The number of rotatable bonds is 2. The zero-order chi connectivity index (χ0) is 13.4. The van der Waals surface area contributed by atoms with Gasteiger partial charge in [0.2, 0.25) is 5.95 Å². The second kappa shape index (κ2) is 4.77. The van der Waals surface area contributed by atoms with Gasteiger partial charge in [0, 0.05) is 20.1 Å². The molecule has 6 heteroatoms. The molecule has 0 amide bonds. The lowest BCUT2D eigenvalue weighted by Crippen LogP contribution is -2.37. The van der Waals surface area contributed by atoms with Gasteiger partial charge in [0.25, 0.3) is 0 Å². The summed E-state index contributed by atoms with van der Waals surface area (Å²) in [7, 11) is 1.94. The third-order valence-electron chi connectivity index (χ3n) is 3.98. The zero-order valence-corrected chi connectivity index (χ0v) is 11.3. The second-order valence-corrected chi connectivity index (χ2v) is 5.30. The highest BCUT2D eigenvalue weighted by Gasteiger charge is 2.24. The predicted octanol–water partition coefficient (Wildman–Crippen LogP) is 0.960. The van der Waals surface area contributed by atoms with Gasteiger partial charge < -0.3 is 14.6 Å². The molecule has 0 spiro atoms. The Balaban J connectivity index is 1.78. The van der Waals surface area contributed by atoms with E-state index in [0.29, 0.717) is 5.92 Å². The first-order valence-electron chi connectivity index (χ1n) is 6.72. The normalized spacial score (nSPS) is 19.0. The molecule has 3 rings (SSSR count). The van der Waals surface area contributed by atoms with Gasteiger partial charge in [-0.15, -0.1) is 0 Å². The van der Waals surface area contributed by atoms with E-state index >= 15 is 0 Å². The SMILES string of the molecule is CC(O)C1CCN(c2ncc3c(ncn3C)n2)CC1. The molecule has 1 N–H and O–H groups in total. The maximum absolute atomic E-state index is 9.62. The van der Waals surface area contributed by atoms with E-state index in [4.69, 9.17) is 0 Å². The number of anilines is 1. The molecule has 0 aromatic carbocycles. The minimum absolute atomic E-state index is 0.221. The Morgan fingerprint density at radius 2 is 2.05 bits per heavy atom. The predicted molar refractivity (Wildman–Crippen MR) is 72.9 cm³/mol. The average Bonchev–Trinajstić information content (AvgIpc) is 2.80. The van der Waals surface area contributed by atoms with Gasteiger partial charge in [0.1, 0.15) is 5.52 Å². The van der Waals surface area contributed by atoms with E-state index in [0.717, 1.165) is 43.0 Å². The first kappa shape index (κ1) is 12.3. The maximum Gasteiger partial charge on any atom is 0.227 e. The molecule has 2 aromatic rings. The van der Waals surface area contributed by atoms with E-state index in [9.17, 15) is 5.11 Å². The molecular weight excluding hydrogens is 242 g/mol. The van der Waals surface area contributed by atoms with Crippen LogP contribution in [-0.4, -0.2) is 43.8 Å². The Bertz CT molecular complexity index is 571. The van der Waals surface area contributed by atoms with Crippen molar-refractivity contribution < 1.29 is 5.11 Å². The lowest BCUT2D eigenvalue weighted by molar-refractivity contribution is 0.109. The highest BCUT2D eigenvalue weighted by molar-refractivity contribution is 5.70. The molecule has 6 nitrogen and oxygen atoms in total. The molecule has 1 unspecified atom stereocenters. The second-order valence-electron chi connectivity index (χ2n) is 5.30. The number of aliphatic hydroxyl groups excluding tert-OH is 1. The summed E-state index contributed by atoms with van der Waals surface area (Å²) < 4.78 is 1.92. The van der Waals surface area contributed by atoms with Crippen molar-refractivity contribution in [2.45, 2.75) is 25.9 Å². The minimum Gasteiger partial charge on any atom is -0.393 e. The van der Waals surface area contributed by atoms with Crippen molar-refractivity contribution in [3.8, 4) is 0 Å². The van der Waals surface area contributed by atoms with Crippen molar-refractivity contribution in [1.82, 2.24) is 19.5 Å². The Labute approximate surface area is 112 Å². The van der Waals surface area contributed by atoms with E-state index in [1.54, 1.807) is 6.33 Å². The first-order valence-corrected chi connectivity index (χ1v) is 6.72. The van der Waals surface area contributed by atoms with Crippen LogP contribution in [-0.2, 0) is 7.05 Å². The molecule has 0 aliphatic carbocycles. The number of hydrogen-bond acceptors (Lipinski definition) is 5. The maximum atomic E-state index is 9.62. The summed E-state index contributed by atoms with van der Waals surface area (Å²) in [6.45, 7) is 3.67. The van der Waals surface area contributed by atoms with E-state index in [-0.39, 0.29) is 6.10 Å². The number of aliphatic hydroxyl groups is 1. The number of fused-ring (bicyclic) bond motifs is 1. The number of imidazole rings is 1. The number of aryl methyl sites for hydroxylation is 1. The summed E-state index contributed by atoms with van der Waals surface area (Å²) in [6, 6.07) is 0. The van der Waals surface area contributed by atoms with Crippen molar-refractivity contribution in [1.29, 1.82) is 0 Å². The molecule has 3 heterocycles. The van der Waals surface area contributed by atoms with Gasteiger partial charge in [0.05, 0.1) is 18.6 Å². The Kier molecular flexibility index (Phi) is 3.10. The van der Waals surface area contributed by atoms with E-state index < -0.39 is 0 Å². The van der Waals surface area contributed by atoms with Crippen LogP contribution in [0, 0.1) is 5.92 Å². The van der Waals surface area contributed by atoms with Crippen LogP contribution < -0.4 is 4.90 Å². The fraction of sp³-hybridized carbons (Fsp3) is 0.615. The molecule has 102 valence electrons. The molecule has 1 aliphatic rings. The Morgan fingerprint density at radius 3 is 2.74 bits per heavy atom. The Morgan fingerprint density at radius 1 is 1.32 bits per heavy atom. The summed E-state index contributed by atoms with van der Waals surface area (Å²) >= 11 is 0. The van der Waals surface area contributed by atoms with Crippen molar-refractivity contribution in [2.75, 3.05) is 18.0 Å². The molecule has 2 aromatic heterocycles. The summed E-state index contributed by atoms with van der Waals surface area (Å²) in [6.07, 6.45) is 5.33. The molecule has 1 saturated heterocycles. The fourth-order valence-electron chi connectivity index (χ4n) is 2.64. The van der Waals surface area contributed by atoms with Crippen LogP contribution in [0.15, 0.2) is 12.5 Å².